The minimum atomic E-state index is -0.0394. The molecule has 26 heavy (non-hydrogen) atoms. The Labute approximate surface area is 151 Å². The lowest BCUT2D eigenvalue weighted by molar-refractivity contribution is -0.120. The number of benzene rings is 1. The van der Waals surface area contributed by atoms with E-state index in [1.54, 1.807) is 36.7 Å². The minimum absolute atomic E-state index is 0.0102. The number of pyridine rings is 1. The summed E-state index contributed by atoms with van der Waals surface area (Å²) in [7, 11) is 0. The third-order valence-electron chi connectivity index (χ3n) is 5.21. The molecule has 0 radical (unpaired) electrons. The summed E-state index contributed by atoms with van der Waals surface area (Å²) in [6.45, 7) is 0.623. The number of carbonyl (C=O) groups is 2. The Balaban J connectivity index is 1.59. The molecule has 0 spiro atoms. The van der Waals surface area contributed by atoms with E-state index in [0.717, 1.165) is 12.1 Å². The first-order valence-corrected chi connectivity index (χ1v) is 8.72. The molecule has 0 aliphatic carbocycles. The van der Waals surface area contributed by atoms with Crippen molar-refractivity contribution in [2.45, 2.75) is 31.3 Å². The zero-order chi connectivity index (χ0) is 18.1. The van der Waals surface area contributed by atoms with Gasteiger partial charge in [0, 0.05) is 24.7 Å². The van der Waals surface area contributed by atoms with Gasteiger partial charge in [0.1, 0.15) is 0 Å². The fourth-order valence-electron chi connectivity index (χ4n) is 4.00. The maximum absolute atomic E-state index is 13.0. The number of carbonyl (C=O) groups excluding carboxylic acids is 2. The van der Waals surface area contributed by atoms with Crippen LogP contribution in [0.1, 0.15) is 35.2 Å². The standard InChI is InChI=1S/C20H18N4O2/c21-12-14-3-5-15(6-4-14)20(26)23-11-9-18-17(23)7-8-19(25)24(18)16-2-1-10-22-13-16/h1-6,10,13,17-18H,7-9,11H2/t17-,18-/m0/s1. The topological polar surface area (TPSA) is 77.3 Å². The van der Waals surface area contributed by atoms with Crippen LogP contribution in [0.15, 0.2) is 48.8 Å². The average molecular weight is 346 g/mol. The summed E-state index contributed by atoms with van der Waals surface area (Å²) in [6, 6.07) is 12.5. The van der Waals surface area contributed by atoms with Gasteiger partial charge in [-0.25, -0.2) is 0 Å². The summed E-state index contributed by atoms with van der Waals surface area (Å²) >= 11 is 0. The van der Waals surface area contributed by atoms with Crippen LogP contribution in [-0.2, 0) is 4.79 Å². The quantitative estimate of drug-likeness (QED) is 0.836. The van der Waals surface area contributed by atoms with Crippen LogP contribution in [0.2, 0.25) is 0 Å². The van der Waals surface area contributed by atoms with Crippen LogP contribution in [0.3, 0.4) is 0 Å². The van der Waals surface area contributed by atoms with E-state index in [-0.39, 0.29) is 23.9 Å². The Morgan fingerprint density at radius 1 is 1.15 bits per heavy atom. The third-order valence-corrected chi connectivity index (χ3v) is 5.21. The van der Waals surface area contributed by atoms with Crippen molar-refractivity contribution in [1.29, 1.82) is 5.26 Å². The average Bonchev–Trinajstić information content (AvgIpc) is 3.12. The highest BCUT2D eigenvalue weighted by Crippen LogP contribution is 2.35. The molecule has 2 amide bonds. The molecule has 2 aliphatic rings. The molecule has 2 aliphatic heterocycles. The van der Waals surface area contributed by atoms with Gasteiger partial charge in [-0.1, -0.05) is 0 Å². The highest BCUT2D eigenvalue weighted by Gasteiger charge is 2.45. The van der Waals surface area contributed by atoms with Gasteiger partial charge in [0.15, 0.2) is 0 Å². The van der Waals surface area contributed by atoms with Crippen molar-refractivity contribution in [2.75, 3.05) is 11.4 Å². The molecule has 2 saturated heterocycles. The molecule has 1 aromatic carbocycles. The SMILES string of the molecule is N#Cc1ccc(C(=O)N2CC[C@H]3[C@@H]2CCC(=O)N3c2cccnc2)cc1. The molecule has 3 heterocycles. The van der Waals surface area contributed by atoms with Crippen LogP contribution in [0.4, 0.5) is 5.69 Å². The molecular weight excluding hydrogens is 328 g/mol. The maximum Gasteiger partial charge on any atom is 0.254 e. The molecule has 6 nitrogen and oxygen atoms in total. The number of hydrogen-bond donors (Lipinski definition) is 0. The fourth-order valence-corrected chi connectivity index (χ4v) is 4.00. The molecule has 4 rings (SSSR count). The lowest BCUT2D eigenvalue weighted by Crippen LogP contribution is -2.53. The first kappa shape index (κ1) is 16.3. The molecular formula is C20H18N4O2. The number of likely N-dealkylation sites (tertiary alicyclic amines) is 1. The molecule has 0 N–H and O–H groups in total. The van der Waals surface area contributed by atoms with Gasteiger partial charge in [0.25, 0.3) is 5.91 Å². The van der Waals surface area contributed by atoms with E-state index in [1.165, 1.54) is 0 Å². The Bertz CT molecular complexity index is 873. The number of rotatable bonds is 2. The number of piperidine rings is 1. The van der Waals surface area contributed by atoms with Crippen LogP contribution in [0, 0.1) is 11.3 Å². The van der Waals surface area contributed by atoms with Gasteiger partial charge < -0.3 is 9.80 Å². The number of aromatic nitrogens is 1. The van der Waals surface area contributed by atoms with Gasteiger partial charge >= 0.3 is 0 Å². The monoisotopic (exact) mass is 346 g/mol. The lowest BCUT2D eigenvalue weighted by atomic mass is 9.95. The Morgan fingerprint density at radius 2 is 1.96 bits per heavy atom. The van der Waals surface area contributed by atoms with Gasteiger partial charge in [-0.05, 0) is 49.2 Å². The molecule has 2 aromatic rings. The normalized spacial score (nSPS) is 22.0. The van der Waals surface area contributed by atoms with Gasteiger partial charge in [0.05, 0.1) is 35.6 Å². The van der Waals surface area contributed by atoms with Crippen molar-refractivity contribution in [2.24, 2.45) is 0 Å². The van der Waals surface area contributed by atoms with E-state index in [2.05, 4.69) is 11.1 Å². The Hall–Kier alpha value is -3.20. The summed E-state index contributed by atoms with van der Waals surface area (Å²) in [5, 5.41) is 8.91. The number of hydrogen-bond acceptors (Lipinski definition) is 4. The number of nitrogens with zero attached hydrogens (tertiary/aromatic N) is 4. The highest BCUT2D eigenvalue weighted by atomic mass is 16.2. The molecule has 0 unspecified atom stereocenters. The summed E-state index contributed by atoms with van der Waals surface area (Å²) in [5.74, 6) is 0.0504. The molecule has 6 heteroatoms. The molecule has 0 saturated carbocycles. The highest BCUT2D eigenvalue weighted by molar-refractivity contribution is 5.97. The van der Waals surface area contributed by atoms with E-state index in [9.17, 15) is 9.59 Å². The number of nitriles is 1. The van der Waals surface area contributed by atoms with Gasteiger partial charge in [-0.3, -0.25) is 14.6 Å². The van der Waals surface area contributed by atoms with Crippen LogP contribution in [0.5, 0.6) is 0 Å². The first-order chi connectivity index (χ1) is 12.7. The van der Waals surface area contributed by atoms with Crippen molar-refractivity contribution < 1.29 is 9.59 Å². The van der Waals surface area contributed by atoms with E-state index >= 15 is 0 Å². The van der Waals surface area contributed by atoms with Gasteiger partial charge in [0.2, 0.25) is 5.91 Å². The summed E-state index contributed by atoms with van der Waals surface area (Å²) in [5.41, 5.74) is 1.90. The smallest absolute Gasteiger partial charge is 0.254 e. The van der Waals surface area contributed by atoms with Crippen molar-refractivity contribution in [1.82, 2.24) is 9.88 Å². The second-order valence-electron chi connectivity index (χ2n) is 6.62. The molecule has 2 fully saturated rings. The van der Waals surface area contributed by atoms with E-state index in [1.807, 2.05) is 21.9 Å². The van der Waals surface area contributed by atoms with Crippen molar-refractivity contribution in [3.05, 3.63) is 59.9 Å². The predicted molar refractivity (Wildman–Crippen MR) is 95.3 cm³/mol. The molecule has 130 valence electrons. The fraction of sp³-hybridized carbons (Fsp3) is 0.300. The second-order valence-corrected chi connectivity index (χ2v) is 6.62. The zero-order valence-corrected chi connectivity index (χ0v) is 14.2. The van der Waals surface area contributed by atoms with Crippen molar-refractivity contribution in [3.63, 3.8) is 0 Å². The van der Waals surface area contributed by atoms with Crippen LogP contribution in [-0.4, -0.2) is 40.3 Å². The number of anilines is 1. The summed E-state index contributed by atoms with van der Waals surface area (Å²) in [6.07, 6.45) is 5.25. The minimum Gasteiger partial charge on any atom is -0.333 e. The van der Waals surface area contributed by atoms with Crippen molar-refractivity contribution in [3.8, 4) is 6.07 Å². The second kappa shape index (κ2) is 6.60. The number of amides is 2. The van der Waals surface area contributed by atoms with E-state index in [4.69, 9.17) is 5.26 Å². The Kier molecular flexibility index (Phi) is 4.13. The summed E-state index contributed by atoms with van der Waals surface area (Å²) in [4.78, 5) is 33.3. The van der Waals surface area contributed by atoms with Gasteiger partial charge in [-0.2, -0.15) is 5.26 Å². The van der Waals surface area contributed by atoms with Crippen LogP contribution >= 0.6 is 0 Å². The number of fused-ring (bicyclic) bond motifs is 1. The van der Waals surface area contributed by atoms with Crippen LogP contribution in [0.25, 0.3) is 0 Å². The largest absolute Gasteiger partial charge is 0.333 e. The summed E-state index contributed by atoms with van der Waals surface area (Å²) < 4.78 is 0. The molecule has 0 bridgehead atoms. The van der Waals surface area contributed by atoms with Gasteiger partial charge in [-0.15, -0.1) is 0 Å². The van der Waals surface area contributed by atoms with E-state index in [0.29, 0.717) is 30.5 Å². The Morgan fingerprint density at radius 3 is 2.65 bits per heavy atom. The van der Waals surface area contributed by atoms with Crippen molar-refractivity contribution >= 4 is 17.5 Å². The first-order valence-electron chi connectivity index (χ1n) is 8.72. The molecule has 1 aromatic heterocycles. The lowest BCUT2D eigenvalue weighted by Gasteiger charge is -2.39. The van der Waals surface area contributed by atoms with Crippen LogP contribution < -0.4 is 4.90 Å². The third kappa shape index (κ3) is 2.72. The predicted octanol–water partition coefficient (Wildman–Crippen LogP) is 2.36. The zero-order valence-electron chi connectivity index (χ0n) is 14.2. The molecule has 2 atom stereocenters. The maximum atomic E-state index is 13.0. The van der Waals surface area contributed by atoms with E-state index < -0.39 is 0 Å².